The molecule has 0 atom stereocenters. The van der Waals surface area contributed by atoms with Gasteiger partial charge in [-0.25, -0.2) is 0 Å². The monoisotopic (exact) mass is 202 g/mol. The van der Waals surface area contributed by atoms with Gasteiger partial charge in [0.05, 0.1) is 17.9 Å². The number of furan rings is 1. The summed E-state index contributed by atoms with van der Waals surface area (Å²) in [6.07, 6.45) is 1.84. The number of para-hydroxylation sites is 1. The van der Waals surface area contributed by atoms with Gasteiger partial charge in [-0.15, -0.1) is 0 Å². The van der Waals surface area contributed by atoms with Gasteiger partial charge in [-0.3, -0.25) is 0 Å². The van der Waals surface area contributed by atoms with E-state index in [0.717, 1.165) is 17.1 Å². The molecule has 1 heterocycles. The van der Waals surface area contributed by atoms with Crippen molar-refractivity contribution in [1.29, 1.82) is 0 Å². The van der Waals surface area contributed by atoms with Crippen molar-refractivity contribution in [2.75, 3.05) is 0 Å². The van der Waals surface area contributed by atoms with Crippen LogP contribution in [0, 0.1) is 0 Å². The Hall–Kier alpha value is -1.70. The van der Waals surface area contributed by atoms with Crippen LogP contribution in [0.15, 0.2) is 47.1 Å². The average Bonchev–Trinajstić information content (AvgIpc) is 2.70. The molecule has 0 N–H and O–H groups in total. The van der Waals surface area contributed by atoms with Crippen LogP contribution in [0.1, 0.15) is 13.8 Å². The molecule has 0 radical (unpaired) electrons. The molecule has 1 aromatic heterocycles. The van der Waals surface area contributed by atoms with Crippen molar-refractivity contribution >= 4 is 0 Å². The first-order chi connectivity index (χ1) is 7.27. The van der Waals surface area contributed by atoms with Crippen molar-refractivity contribution in [3.8, 4) is 17.1 Å². The molecule has 0 spiro atoms. The van der Waals surface area contributed by atoms with Crippen LogP contribution in [0.3, 0.4) is 0 Å². The van der Waals surface area contributed by atoms with E-state index >= 15 is 0 Å². The number of benzene rings is 1. The molecule has 2 aromatic rings. The zero-order valence-electron chi connectivity index (χ0n) is 8.94. The average molecular weight is 202 g/mol. The summed E-state index contributed by atoms with van der Waals surface area (Å²) >= 11 is 0. The number of hydrogen-bond donors (Lipinski definition) is 0. The zero-order chi connectivity index (χ0) is 10.7. The Bertz CT molecular complexity index is 416. The minimum Gasteiger partial charge on any atom is -0.490 e. The molecular formula is C13H14O2. The molecule has 0 unspecified atom stereocenters. The van der Waals surface area contributed by atoms with E-state index in [1.165, 1.54) is 0 Å². The second-order valence-electron chi connectivity index (χ2n) is 3.64. The van der Waals surface area contributed by atoms with E-state index < -0.39 is 0 Å². The van der Waals surface area contributed by atoms with Crippen LogP contribution in [0.5, 0.6) is 5.75 Å². The topological polar surface area (TPSA) is 22.4 Å². The van der Waals surface area contributed by atoms with Gasteiger partial charge >= 0.3 is 0 Å². The molecule has 0 bridgehead atoms. The summed E-state index contributed by atoms with van der Waals surface area (Å²) in [7, 11) is 0. The van der Waals surface area contributed by atoms with Crippen LogP contribution < -0.4 is 4.74 Å². The minimum absolute atomic E-state index is 0.168. The van der Waals surface area contributed by atoms with Crippen molar-refractivity contribution < 1.29 is 9.15 Å². The van der Waals surface area contributed by atoms with E-state index in [1.807, 2.05) is 50.2 Å². The SMILES string of the molecule is CC(C)Oc1ccccc1-c1ccco1. The van der Waals surface area contributed by atoms with Gasteiger partial charge in [0.25, 0.3) is 0 Å². The first-order valence-electron chi connectivity index (χ1n) is 5.07. The molecule has 0 saturated heterocycles. The van der Waals surface area contributed by atoms with E-state index in [-0.39, 0.29) is 6.10 Å². The van der Waals surface area contributed by atoms with E-state index in [9.17, 15) is 0 Å². The number of ether oxygens (including phenoxy) is 1. The van der Waals surface area contributed by atoms with Gasteiger partial charge in [0.15, 0.2) is 0 Å². The second kappa shape index (κ2) is 4.22. The maximum atomic E-state index is 5.71. The fourth-order valence-electron chi connectivity index (χ4n) is 1.46. The first-order valence-corrected chi connectivity index (χ1v) is 5.07. The maximum absolute atomic E-state index is 5.71. The van der Waals surface area contributed by atoms with Crippen LogP contribution in [0.4, 0.5) is 0 Å². The molecule has 0 amide bonds. The Labute approximate surface area is 89.5 Å². The summed E-state index contributed by atoms with van der Waals surface area (Å²) in [5, 5.41) is 0. The van der Waals surface area contributed by atoms with Crippen molar-refractivity contribution in [2.45, 2.75) is 20.0 Å². The molecule has 2 rings (SSSR count). The molecular weight excluding hydrogens is 188 g/mol. The van der Waals surface area contributed by atoms with E-state index in [4.69, 9.17) is 9.15 Å². The summed E-state index contributed by atoms with van der Waals surface area (Å²) in [6, 6.07) is 11.7. The lowest BCUT2D eigenvalue weighted by Gasteiger charge is -2.12. The Morgan fingerprint density at radius 1 is 1.07 bits per heavy atom. The van der Waals surface area contributed by atoms with Crippen LogP contribution in [-0.4, -0.2) is 6.10 Å². The summed E-state index contributed by atoms with van der Waals surface area (Å²) in [6.45, 7) is 4.03. The zero-order valence-corrected chi connectivity index (χ0v) is 8.94. The predicted molar refractivity (Wildman–Crippen MR) is 59.9 cm³/mol. The highest BCUT2D eigenvalue weighted by Crippen LogP contribution is 2.30. The van der Waals surface area contributed by atoms with Gasteiger partial charge in [0.2, 0.25) is 0 Å². The molecule has 0 aliphatic carbocycles. The highest BCUT2D eigenvalue weighted by Gasteiger charge is 2.08. The van der Waals surface area contributed by atoms with Gasteiger partial charge in [-0.2, -0.15) is 0 Å². The summed E-state index contributed by atoms with van der Waals surface area (Å²) in [5.41, 5.74) is 0.996. The van der Waals surface area contributed by atoms with Gasteiger partial charge in [0, 0.05) is 0 Å². The number of rotatable bonds is 3. The van der Waals surface area contributed by atoms with Crippen molar-refractivity contribution in [2.24, 2.45) is 0 Å². The van der Waals surface area contributed by atoms with Gasteiger partial charge in [0.1, 0.15) is 11.5 Å². The number of hydrogen-bond acceptors (Lipinski definition) is 2. The summed E-state index contributed by atoms with van der Waals surface area (Å²) in [5.74, 6) is 1.70. The normalized spacial score (nSPS) is 10.6. The molecule has 0 saturated carbocycles. The van der Waals surface area contributed by atoms with E-state index in [1.54, 1.807) is 6.26 Å². The molecule has 1 aromatic carbocycles. The van der Waals surface area contributed by atoms with Crippen molar-refractivity contribution in [3.63, 3.8) is 0 Å². The predicted octanol–water partition coefficient (Wildman–Crippen LogP) is 3.73. The standard InChI is InChI=1S/C13H14O2/c1-10(2)15-13-7-4-3-6-11(13)12-8-5-9-14-12/h3-10H,1-2H3. The highest BCUT2D eigenvalue weighted by molar-refractivity contribution is 5.65. The van der Waals surface area contributed by atoms with Crippen molar-refractivity contribution in [3.05, 3.63) is 42.7 Å². The van der Waals surface area contributed by atoms with E-state index in [2.05, 4.69) is 0 Å². The summed E-state index contributed by atoms with van der Waals surface area (Å²) < 4.78 is 11.1. The third kappa shape index (κ3) is 2.21. The Morgan fingerprint density at radius 2 is 1.87 bits per heavy atom. The summed E-state index contributed by atoms with van der Waals surface area (Å²) in [4.78, 5) is 0. The minimum atomic E-state index is 0.168. The quantitative estimate of drug-likeness (QED) is 0.756. The molecule has 15 heavy (non-hydrogen) atoms. The molecule has 78 valence electrons. The van der Waals surface area contributed by atoms with Crippen LogP contribution in [0.25, 0.3) is 11.3 Å². The van der Waals surface area contributed by atoms with Crippen LogP contribution in [0.2, 0.25) is 0 Å². The lowest BCUT2D eigenvalue weighted by Crippen LogP contribution is -2.06. The fraction of sp³-hybridized carbons (Fsp3) is 0.231. The Morgan fingerprint density at radius 3 is 2.53 bits per heavy atom. The fourth-order valence-corrected chi connectivity index (χ4v) is 1.46. The molecule has 2 heteroatoms. The van der Waals surface area contributed by atoms with Gasteiger partial charge in [-0.1, -0.05) is 12.1 Å². The lowest BCUT2D eigenvalue weighted by molar-refractivity contribution is 0.243. The Balaban J connectivity index is 2.38. The molecule has 0 fully saturated rings. The molecule has 0 aliphatic rings. The van der Waals surface area contributed by atoms with Crippen molar-refractivity contribution in [1.82, 2.24) is 0 Å². The maximum Gasteiger partial charge on any atom is 0.137 e. The largest absolute Gasteiger partial charge is 0.490 e. The third-order valence-corrected chi connectivity index (χ3v) is 2.04. The van der Waals surface area contributed by atoms with Crippen LogP contribution >= 0.6 is 0 Å². The lowest BCUT2D eigenvalue weighted by atomic mass is 10.1. The third-order valence-electron chi connectivity index (χ3n) is 2.04. The first kappa shape index (κ1) is 9.84. The van der Waals surface area contributed by atoms with E-state index in [0.29, 0.717) is 0 Å². The second-order valence-corrected chi connectivity index (χ2v) is 3.64. The molecule has 0 aliphatic heterocycles. The Kier molecular flexibility index (Phi) is 2.77. The molecule has 2 nitrogen and oxygen atoms in total. The van der Waals surface area contributed by atoms with Gasteiger partial charge in [-0.05, 0) is 38.1 Å². The van der Waals surface area contributed by atoms with Crippen LogP contribution in [-0.2, 0) is 0 Å². The van der Waals surface area contributed by atoms with Gasteiger partial charge < -0.3 is 9.15 Å². The highest BCUT2D eigenvalue weighted by atomic mass is 16.5. The smallest absolute Gasteiger partial charge is 0.137 e.